The van der Waals surface area contributed by atoms with Crippen molar-refractivity contribution in [2.24, 2.45) is 11.8 Å². The van der Waals surface area contributed by atoms with Gasteiger partial charge in [-0.3, -0.25) is 9.36 Å². The molecule has 0 bridgehead atoms. The normalized spacial score (nSPS) is 17.6. The molecule has 6 heteroatoms. The van der Waals surface area contributed by atoms with Gasteiger partial charge in [-0.2, -0.15) is 8.78 Å². The van der Waals surface area contributed by atoms with E-state index in [9.17, 15) is 13.6 Å². The summed E-state index contributed by atoms with van der Waals surface area (Å²) in [6, 6.07) is 0. The van der Waals surface area contributed by atoms with Gasteiger partial charge in [0.15, 0.2) is 0 Å². The van der Waals surface area contributed by atoms with Crippen LogP contribution in [0.2, 0.25) is 0 Å². The van der Waals surface area contributed by atoms with Gasteiger partial charge in [-0.15, -0.1) is 0 Å². The van der Waals surface area contributed by atoms with E-state index in [4.69, 9.17) is 0 Å². The third-order valence-electron chi connectivity index (χ3n) is 4.47. The predicted molar refractivity (Wildman–Crippen MR) is 80.5 cm³/mol. The van der Waals surface area contributed by atoms with Crippen LogP contribution in [-0.4, -0.2) is 22.0 Å². The summed E-state index contributed by atoms with van der Waals surface area (Å²) in [7, 11) is 0. The first-order valence-electron chi connectivity index (χ1n) is 8.15. The van der Waals surface area contributed by atoms with Crippen LogP contribution in [0.4, 0.5) is 8.78 Å². The van der Waals surface area contributed by atoms with E-state index < -0.39 is 6.55 Å². The molecular weight excluding hydrogens is 288 g/mol. The molecule has 1 aromatic heterocycles. The number of nitrogens with one attached hydrogen (secondary N) is 1. The molecule has 1 N–H and O–H groups in total. The lowest BCUT2D eigenvalue weighted by molar-refractivity contribution is -0.125. The first-order valence-corrected chi connectivity index (χ1v) is 8.15. The Kier molecular flexibility index (Phi) is 6.34. The first kappa shape index (κ1) is 16.9. The van der Waals surface area contributed by atoms with Crippen molar-refractivity contribution in [2.45, 2.75) is 58.4 Å². The molecule has 124 valence electrons. The topological polar surface area (TPSA) is 46.9 Å². The summed E-state index contributed by atoms with van der Waals surface area (Å²) in [6.07, 6.45) is 10.2. The zero-order chi connectivity index (χ0) is 15.9. The minimum atomic E-state index is -2.58. The van der Waals surface area contributed by atoms with Gasteiger partial charge in [-0.05, 0) is 12.3 Å². The smallest absolute Gasteiger partial charge is 0.319 e. The number of amides is 1. The zero-order valence-electron chi connectivity index (χ0n) is 13.1. The minimum absolute atomic E-state index is 0.0146. The van der Waals surface area contributed by atoms with Crippen molar-refractivity contribution in [1.29, 1.82) is 0 Å². The Morgan fingerprint density at radius 2 is 2.14 bits per heavy atom. The highest BCUT2D eigenvalue weighted by Gasteiger charge is 2.20. The quantitative estimate of drug-likeness (QED) is 0.837. The van der Waals surface area contributed by atoms with Gasteiger partial charge in [0.1, 0.15) is 5.82 Å². The average Bonchev–Trinajstić information content (AvgIpc) is 2.97. The van der Waals surface area contributed by atoms with Crippen LogP contribution in [0.25, 0.3) is 0 Å². The van der Waals surface area contributed by atoms with Crippen LogP contribution >= 0.6 is 0 Å². The highest BCUT2D eigenvalue weighted by Crippen LogP contribution is 2.28. The fraction of sp³-hybridized carbons (Fsp3) is 0.750. The summed E-state index contributed by atoms with van der Waals surface area (Å²) in [4.78, 5) is 16.0. The van der Waals surface area contributed by atoms with Crippen LogP contribution in [0.1, 0.15) is 57.8 Å². The molecule has 1 amide bonds. The molecule has 1 aromatic rings. The number of aromatic nitrogens is 2. The highest BCUT2D eigenvalue weighted by molar-refractivity contribution is 5.78. The van der Waals surface area contributed by atoms with E-state index in [0.29, 0.717) is 24.7 Å². The number of imidazole rings is 1. The summed E-state index contributed by atoms with van der Waals surface area (Å²) in [5.74, 6) is 0.959. The van der Waals surface area contributed by atoms with E-state index in [0.717, 1.165) is 11.0 Å². The van der Waals surface area contributed by atoms with Crippen molar-refractivity contribution in [2.75, 3.05) is 6.54 Å². The molecule has 0 aliphatic heterocycles. The average molecular weight is 313 g/mol. The Balaban J connectivity index is 1.71. The van der Waals surface area contributed by atoms with Crippen molar-refractivity contribution in [3.63, 3.8) is 0 Å². The van der Waals surface area contributed by atoms with E-state index in [1.165, 1.54) is 44.5 Å². The molecule has 0 saturated heterocycles. The lowest BCUT2D eigenvalue weighted by Gasteiger charge is -2.24. The number of halogens is 2. The zero-order valence-corrected chi connectivity index (χ0v) is 13.1. The molecule has 0 spiro atoms. The molecule has 0 radical (unpaired) electrons. The number of carbonyl (C=O) groups excluding carboxylic acids is 1. The van der Waals surface area contributed by atoms with E-state index in [-0.39, 0.29) is 11.8 Å². The molecule has 1 saturated carbocycles. The Hall–Kier alpha value is -1.46. The summed E-state index contributed by atoms with van der Waals surface area (Å²) in [5.41, 5.74) is 0. The van der Waals surface area contributed by atoms with Crippen molar-refractivity contribution in [3.05, 3.63) is 18.2 Å². The van der Waals surface area contributed by atoms with E-state index in [1.54, 1.807) is 0 Å². The second-order valence-electron chi connectivity index (χ2n) is 6.21. The summed E-state index contributed by atoms with van der Waals surface area (Å²) in [6.45, 7) is -0.292. The molecule has 1 aliphatic rings. The minimum Gasteiger partial charge on any atom is -0.355 e. The number of rotatable bonds is 7. The molecule has 0 aromatic carbocycles. The lowest BCUT2D eigenvalue weighted by Crippen LogP contribution is -2.32. The standard InChI is InChI=1S/C16H25F2N3O/c1-12(11-13-5-3-2-4-6-13)15(22)20-8-7-14-19-9-10-21(14)16(17)18/h9-10,12-13,16H,2-8,11H2,1H3,(H,20,22)/t12-/m0/s1. The molecule has 1 fully saturated rings. The van der Waals surface area contributed by atoms with Gasteiger partial charge < -0.3 is 5.32 Å². The van der Waals surface area contributed by atoms with E-state index in [2.05, 4.69) is 10.3 Å². The molecule has 2 rings (SSSR count). The van der Waals surface area contributed by atoms with Crippen LogP contribution in [0.15, 0.2) is 12.4 Å². The van der Waals surface area contributed by atoms with Gasteiger partial charge in [-0.1, -0.05) is 39.0 Å². The maximum Gasteiger partial charge on any atom is 0.319 e. The summed E-state index contributed by atoms with van der Waals surface area (Å²) < 4.78 is 26.2. The van der Waals surface area contributed by atoms with Gasteiger partial charge in [0.25, 0.3) is 0 Å². The number of hydrogen-bond donors (Lipinski definition) is 1. The second kappa shape index (κ2) is 8.25. The first-order chi connectivity index (χ1) is 10.6. The Bertz CT molecular complexity index is 470. The van der Waals surface area contributed by atoms with Crippen LogP contribution in [0.5, 0.6) is 0 Å². The fourth-order valence-electron chi connectivity index (χ4n) is 3.22. The molecule has 1 atom stereocenters. The third-order valence-corrected chi connectivity index (χ3v) is 4.47. The second-order valence-corrected chi connectivity index (χ2v) is 6.21. The van der Waals surface area contributed by atoms with Gasteiger partial charge in [-0.25, -0.2) is 4.98 Å². The monoisotopic (exact) mass is 313 g/mol. The van der Waals surface area contributed by atoms with Gasteiger partial charge >= 0.3 is 6.55 Å². The lowest BCUT2D eigenvalue weighted by atomic mass is 9.83. The number of alkyl halides is 2. The molecule has 22 heavy (non-hydrogen) atoms. The van der Waals surface area contributed by atoms with E-state index in [1.807, 2.05) is 6.92 Å². The third kappa shape index (κ3) is 4.78. The number of carbonyl (C=O) groups is 1. The SMILES string of the molecule is C[C@@H](CC1CCCCC1)C(=O)NCCc1nccn1C(F)F. The fourth-order valence-corrected chi connectivity index (χ4v) is 3.22. The van der Waals surface area contributed by atoms with Gasteiger partial charge in [0.2, 0.25) is 5.91 Å². The Labute approximate surface area is 130 Å². The molecule has 1 aliphatic carbocycles. The summed E-state index contributed by atoms with van der Waals surface area (Å²) >= 11 is 0. The molecule has 1 heterocycles. The van der Waals surface area contributed by atoms with Crippen molar-refractivity contribution in [3.8, 4) is 0 Å². The van der Waals surface area contributed by atoms with Crippen molar-refractivity contribution in [1.82, 2.24) is 14.9 Å². The largest absolute Gasteiger partial charge is 0.355 e. The van der Waals surface area contributed by atoms with Crippen LogP contribution in [-0.2, 0) is 11.2 Å². The Morgan fingerprint density at radius 1 is 1.41 bits per heavy atom. The maximum atomic E-state index is 12.7. The molecular formula is C16H25F2N3O. The van der Waals surface area contributed by atoms with Gasteiger partial charge in [0, 0.05) is 31.3 Å². The van der Waals surface area contributed by atoms with Gasteiger partial charge in [0.05, 0.1) is 0 Å². The summed E-state index contributed by atoms with van der Waals surface area (Å²) in [5, 5.41) is 2.84. The van der Waals surface area contributed by atoms with Crippen LogP contribution < -0.4 is 5.32 Å². The Morgan fingerprint density at radius 3 is 2.82 bits per heavy atom. The molecule has 0 unspecified atom stereocenters. The van der Waals surface area contributed by atoms with Crippen LogP contribution in [0.3, 0.4) is 0 Å². The number of hydrogen-bond acceptors (Lipinski definition) is 2. The number of nitrogens with zero attached hydrogens (tertiary/aromatic N) is 2. The van der Waals surface area contributed by atoms with E-state index >= 15 is 0 Å². The van der Waals surface area contributed by atoms with Crippen molar-refractivity contribution < 1.29 is 13.6 Å². The molecule has 4 nitrogen and oxygen atoms in total. The highest BCUT2D eigenvalue weighted by atomic mass is 19.3. The predicted octanol–water partition coefficient (Wildman–Crippen LogP) is 3.54. The van der Waals surface area contributed by atoms with Crippen LogP contribution in [0, 0.1) is 11.8 Å². The maximum absolute atomic E-state index is 12.7. The van der Waals surface area contributed by atoms with Crippen molar-refractivity contribution >= 4 is 5.91 Å².